The average Bonchev–Trinajstić information content (AvgIpc) is 3.37. The highest BCUT2D eigenvalue weighted by atomic mass is 19.1. The summed E-state index contributed by atoms with van der Waals surface area (Å²) in [6, 6.07) is 8.63. The zero-order valence-corrected chi connectivity index (χ0v) is 23.8. The Morgan fingerprint density at radius 3 is 2.41 bits per heavy atom. The minimum atomic E-state index is -0.805. The van der Waals surface area contributed by atoms with E-state index in [1.54, 1.807) is 12.4 Å². The zero-order valence-electron chi connectivity index (χ0n) is 23.8. The number of likely N-dealkylation sites (tertiary alicyclic amines) is 1. The molecule has 1 aliphatic heterocycles. The molecule has 0 spiro atoms. The monoisotopic (exact) mass is 565 g/mol. The first-order valence-electron chi connectivity index (χ1n) is 14.2. The summed E-state index contributed by atoms with van der Waals surface area (Å²) in [4.78, 5) is 33.3. The molecule has 41 heavy (non-hydrogen) atoms. The van der Waals surface area contributed by atoms with Crippen LogP contribution in [0.3, 0.4) is 0 Å². The summed E-state index contributed by atoms with van der Waals surface area (Å²) in [5.41, 5.74) is -0.480. The molecule has 1 saturated carbocycles. The normalized spacial score (nSPS) is 22.7. The third-order valence-corrected chi connectivity index (χ3v) is 8.83. The van der Waals surface area contributed by atoms with E-state index >= 15 is 0 Å². The van der Waals surface area contributed by atoms with Crippen molar-refractivity contribution >= 4 is 11.6 Å². The predicted molar refractivity (Wildman–Crippen MR) is 149 cm³/mol. The number of rotatable bonds is 10. The van der Waals surface area contributed by atoms with Gasteiger partial charge in [0.15, 0.2) is 11.5 Å². The molecule has 0 radical (unpaired) electrons. The van der Waals surface area contributed by atoms with E-state index < -0.39 is 22.7 Å². The Labute approximate surface area is 238 Å². The second-order valence-corrected chi connectivity index (χ2v) is 12.9. The van der Waals surface area contributed by atoms with Crippen LogP contribution in [-0.4, -0.2) is 56.4 Å². The van der Waals surface area contributed by atoms with Crippen molar-refractivity contribution in [1.82, 2.24) is 15.0 Å². The molecule has 3 aromatic rings. The number of aliphatic hydroxyl groups is 1. The van der Waals surface area contributed by atoms with Gasteiger partial charge in [0, 0.05) is 68.3 Å². The number of Topliss-reactive ketones (excluding diaryl/α,β-unsaturated/α-hetero) is 2. The second kappa shape index (κ2) is 11.2. The molecule has 2 fully saturated rings. The van der Waals surface area contributed by atoms with Gasteiger partial charge in [0.1, 0.15) is 23.1 Å². The van der Waals surface area contributed by atoms with Crippen LogP contribution < -0.4 is 0 Å². The fourth-order valence-electron chi connectivity index (χ4n) is 6.48. The molecule has 0 atom stereocenters. The number of halogens is 2. The molecule has 1 aliphatic carbocycles. The molecule has 1 aromatic carbocycles. The van der Waals surface area contributed by atoms with Crippen LogP contribution in [0.5, 0.6) is 0 Å². The van der Waals surface area contributed by atoms with E-state index in [4.69, 9.17) is 4.52 Å². The first-order valence-corrected chi connectivity index (χ1v) is 14.2. The third kappa shape index (κ3) is 6.62. The smallest absolute Gasteiger partial charge is 0.185 e. The number of nitrogens with zero attached hydrogens (tertiary/aromatic N) is 3. The van der Waals surface area contributed by atoms with Crippen LogP contribution >= 0.6 is 0 Å². The lowest BCUT2D eigenvalue weighted by atomic mass is 9.68. The van der Waals surface area contributed by atoms with E-state index in [1.807, 2.05) is 32.9 Å². The molecule has 7 nitrogen and oxygen atoms in total. The van der Waals surface area contributed by atoms with Gasteiger partial charge in [0.2, 0.25) is 0 Å². The van der Waals surface area contributed by atoms with Gasteiger partial charge in [0.05, 0.1) is 11.2 Å². The average molecular weight is 566 g/mol. The molecule has 5 rings (SSSR count). The van der Waals surface area contributed by atoms with Gasteiger partial charge < -0.3 is 9.63 Å². The lowest BCUT2D eigenvalue weighted by molar-refractivity contribution is -0.128. The van der Waals surface area contributed by atoms with Crippen molar-refractivity contribution in [2.45, 2.75) is 82.8 Å². The number of aromatic nitrogens is 2. The van der Waals surface area contributed by atoms with Crippen LogP contribution in [0.1, 0.15) is 81.8 Å². The molecule has 218 valence electrons. The number of hydrogen-bond acceptors (Lipinski definition) is 7. The lowest BCUT2D eigenvalue weighted by Gasteiger charge is -2.54. The minimum absolute atomic E-state index is 0.0178. The number of benzene rings is 1. The number of hydrogen-bond donors (Lipinski definition) is 1. The number of carbonyl (C=O) groups excluding carboxylic acids is 2. The molecule has 0 bridgehead atoms. The van der Waals surface area contributed by atoms with Gasteiger partial charge in [-0.05, 0) is 67.9 Å². The maximum absolute atomic E-state index is 14.3. The number of ketones is 2. The van der Waals surface area contributed by atoms with Crippen LogP contribution in [0.15, 0.2) is 53.3 Å². The van der Waals surface area contributed by atoms with E-state index in [-0.39, 0.29) is 46.8 Å². The van der Waals surface area contributed by atoms with E-state index in [0.29, 0.717) is 25.6 Å². The largest absolute Gasteiger partial charge is 0.390 e. The van der Waals surface area contributed by atoms with Gasteiger partial charge in [-0.1, -0.05) is 19.0 Å². The molecule has 0 amide bonds. The van der Waals surface area contributed by atoms with Crippen molar-refractivity contribution in [3.63, 3.8) is 0 Å². The second-order valence-electron chi connectivity index (χ2n) is 12.9. The molecule has 2 aromatic heterocycles. The Morgan fingerprint density at radius 2 is 1.76 bits per heavy atom. The molecule has 9 heteroatoms. The molecular formula is C32H37F2N3O4. The van der Waals surface area contributed by atoms with Crippen LogP contribution in [0.4, 0.5) is 8.78 Å². The summed E-state index contributed by atoms with van der Waals surface area (Å²) in [7, 11) is 0. The first kappa shape index (κ1) is 29.2. The van der Waals surface area contributed by atoms with E-state index in [9.17, 15) is 23.5 Å². The summed E-state index contributed by atoms with van der Waals surface area (Å²) in [6.45, 7) is 7.14. The predicted octanol–water partition coefficient (Wildman–Crippen LogP) is 5.91. The Kier molecular flexibility index (Phi) is 7.96. The van der Waals surface area contributed by atoms with Crippen molar-refractivity contribution in [2.24, 2.45) is 5.41 Å². The Balaban J connectivity index is 1.31. The maximum Gasteiger partial charge on any atom is 0.185 e. The Hall–Kier alpha value is -3.30. The highest BCUT2D eigenvalue weighted by Crippen LogP contribution is 2.44. The van der Waals surface area contributed by atoms with E-state index in [1.165, 1.54) is 12.1 Å². The number of carbonyl (C=O) groups is 2. The minimum Gasteiger partial charge on any atom is -0.390 e. The highest BCUT2D eigenvalue weighted by Gasteiger charge is 2.49. The van der Waals surface area contributed by atoms with Crippen LogP contribution in [-0.2, 0) is 10.2 Å². The summed E-state index contributed by atoms with van der Waals surface area (Å²) in [6.07, 6.45) is 7.32. The summed E-state index contributed by atoms with van der Waals surface area (Å²) >= 11 is 0. The Morgan fingerprint density at radius 1 is 1.07 bits per heavy atom. The van der Waals surface area contributed by atoms with E-state index in [0.717, 1.165) is 43.4 Å². The molecule has 2 aliphatic rings. The topological polar surface area (TPSA) is 96.5 Å². The first-order chi connectivity index (χ1) is 19.3. The van der Waals surface area contributed by atoms with Gasteiger partial charge in [0.25, 0.3) is 0 Å². The molecule has 3 heterocycles. The third-order valence-electron chi connectivity index (χ3n) is 8.83. The van der Waals surface area contributed by atoms with Crippen molar-refractivity contribution in [1.29, 1.82) is 0 Å². The van der Waals surface area contributed by atoms with Gasteiger partial charge in [-0.15, -0.1) is 0 Å². The van der Waals surface area contributed by atoms with Crippen molar-refractivity contribution in [3.05, 3.63) is 71.7 Å². The summed E-state index contributed by atoms with van der Waals surface area (Å²) in [5.74, 6) is -1.67. The van der Waals surface area contributed by atoms with Crippen LogP contribution in [0.25, 0.3) is 11.3 Å². The van der Waals surface area contributed by atoms with Crippen LogP contribution in [0.2, 0.25) is 0 Å². The fourth-order valence-corrected chi connectivity index (χ4v) is 6.48. The maximum atomic E-state index is 14.3. The Bertz CT molecular complexity index is 1400. The van der Waals surface area contributed by atoms with Crippen LogP contribution in [0, 0.1) is 17.0 Å². The fraction of sp³-hybridized carbons (Fsp3) is 0.500. The summed E-state index contributed by atoms with van der Waals surface area (Å²) < 4.78 is 32.9. The molecule has 1 saturated heterocycles. The summed E-state index contributed by atoms with van der Waals surface area (Å²) in [5, 5.41) is 14.3. The van der Waals surface area contributed by atoms with Gasteiger partial charge >= 0.3 is 0 Å². The van der Waals surface area contributed by atoms with Crippen molar-refractivity contribution in [2.75, 3.05) is 13.1 Å². The molecule has 1 N–H and O–H groups in total. The van der Waals surface area contributed by atoms with E-state index in [2.05, 4.69) is 15.0 Å². The highest BCUT2D eigenvalue weighted by molar-refractivity contribution is 5.96. The molecule has 0 unspecified atom stereocenters. The van der Waals surface area contributed by atoms with Gasteiger partial charge in [-0.3, -0.25) is 19.5 Å². The number of pyridine rings is 1. The standard InChI is InChI=1S/C32H37F2N3O4/c1-30(2,21-8-12-35-13-9-21)16-24(38)17-32(19-37(20-32)23-6-10-31(3,40)11-7-23)18-28(39)27-15-29(41-36-27)25-5-4-22(33)14-26(25)34/h4-5,8-9,12-15,23,40H,6-7,10-11,16-20H2,1-3H3. The van der Waals surface area contributed by atoms with Gasteiger partial charge in [-0.25, -0.2) is 8.78 Å². The lowest BCUT2D eigenvalue weighted by Crippen LogP contribution is -2.62. The van der Waals surface area contributed by atoms with Gasteiger partial charge in [-0.2, -0.15) is 0 Å². The SMILES string of the molecule is CC1(O)CCC(N2CC(CC(=O)CC(C)(C)c3ccncc3)(CC(=O)c3cc(-c4ccc(F)cc4F)on3)C2)CC1. The van der Waals surface area contributed by atoms with Crippen molar-refractivity contribution < 1.29 is 28.0 Å². The quantitative estimate of drug-likeness (QED) is 0.305. The molecular weight excluding hydrogens is 528 g/mol. The van der Waals surface area contributed by atoms with Crippen molar-refractivity contribution in [3.8, 4) is 11.3 Å². The zero-order chi connectivity index (χ0) is 29.4.